The van der Waals surface area contributed by atoms with Crippen LogP contribution < -0.4 is 4.74 Å². The number of hydrogen-bond donors (Lipinski definition) is 0. The van der Waals surface area contributed by atoms with Crippen LogP contribution in [-0.2, 0) is 6.42 Å². The Kier molecular flexibility index (Phi) is 5.57. The van der Waals surface area contributed by atoms with Crippen LogP contribution in [0.1, 0.15) is 50.7 Å². The minimum atomic E-state index is 0.438. The second-order valence-electron chi connectivity index (χ2n) is 5.15. The molecule has 0 saturated carbocycles. The second kappa shape index (κ2) is 7.41. The lowest BCUT2D eigenvalue weighted by molar-refractivity contribution is 0.444. The lowest BCUT2D eigenvalue weighted by Gasteiger charge is -2.16. The van der Waals surface area contributed by atoms with Crippen molar-refractivity contribution in [3.05, 3.63) is 46.9 Å². The molecule has 0 amide bonds. The molecule has 3 nitrogen and oxygen atoms in total. The van der Waals surface area contributed by atoms with Crippen molar-refractivity contribution in [2.24, 2.45) is 0 Å². The van der Waals surface area contributed by atoms with E-state index in [2.05, 4.69) is 36.8 Å². The molecule has 0 bridgehead atoms. The summed E-state index contributed by atoms with van der Waals surface area (Å²) in [6, 6.07) is 8.09. The summed E-state index contributed by atoms with van der Waals surface area (Å²) in [4.78, 5) is 8.31. The molecule has 1 heterocycles. The molecule has 0 radical (unpaired) electrons. The molecule has 112 valence electrons. The Hall–Kier alpha value is -1.61. The number of aromatic nitrogens is 2. The number of para-hydroxylation sites is 1. The van der Waals surface area contributed by atoms with Crippen molar-refractivity contribution >= 4 is 11.6 Å². The monoisotopic (exact) mass is 304 g/mol. The van der Waals surface area contributed by atoms with E-state index in [0.717, 1.165) is 30.6 Å². The van der Waals surface area contributed by atoms with Gasteiger partial charge >= 0.3 is 0 Å². The molecule has 2 aromatic rings. The van der Waals surface area contributed by atoms with Crippen LogP contribution >= 0.6 is 11.6 Å². The zero-order chi connectivity index (χ0) is 15.2. The number of ether oxygens (including phenoxy) is 1. The van der Waals surface area contributed by atoms with Gasteiger partial charge in [0.15, 0.2) is 0 Å². The third kappa shape index (κ3) is 3.73. The van der Waals surface area contributed by atoms with Gasteiger partial charge < -0.3 is 4.74 Å². The number of rotatable bonds is 6. The Balaban J connectivity index is 2.37. The minimum absolute atomic E-state index is 0.438. The third-order valence-electron chi connectivity index (χ3n) is 3.62. The molecule has 1 aromatic heterocycles. The van der Waals surface area contributed by atoms with Crippen molar-refractivity contribution in [2.45, 2.75) is 46.0 Å². The highest BCUT2D eigenvalue weighted by Gasteiger charge is 2.15. The lowest BCUT2D eigenvalue weighted by Crippen LogP contribution is -2.01. The largest absolute Gasteiger partial charge is 0.438 e. The van der Waals surface area contributed by atoms with Crippen molar-refractivity contribution in [3.8, 4) is 11.6 Å². The molecule has 1 unspecified atom stereocenters. The summed E-state index contributed by atoms with van der Waals surface area (Å²) in [5.41, 5.74) is 2.07. The van der Waals surface area contributed by atoms with Crippen LogP contribution in [-0.4, -0.2) is 9.97 Å². The molecule has 21 heavy (non-hydrogen) atoms. The van der Waals surface area contributed by atoms with E-state index in [4.69, 9.17) is 16.3 Å². The summed E-state index contributed by atoms with van der Waals surface area (Å²) < 4.78 is 6.06. The summed E-state index contributed by atoms with van der Waals surface area (Å²) in [7, 11) is 0. The van der Waals surface area contributed by atoms with Crippen molar-refractivity contribution < 1.29 is 4.74 Å². The molecular formula is C17H21ClN2O. The first-order chi connectivity index (χ1) is 10.2. The van der Waals surface area contributed by atoms with E-state index in [1.807, 2.05) is 18.2 Å². The van der Waals surface area contributed by atoms with Crippen LogP contribution in [0.2, 0.25) is 5.15 Å². The number of nitrogens with zero attached hydrogens (tertiary/aromatic N) is 2. The summed E-state index contributed by atoms with van der Waals surface area (Å²) in [6.07, 6.45) is 4.28. The first-order valence-electron chi connectivity index (χ1n) is 7.43. The molecule has 2 rings (SSSR count). The maximum absolute atomic E-state index is 6.17. The average Bonchev–Trinajstić information content (AvgIpc) is 2.50. The first-order valence-corrected chi connectivity index (χ1v) is 7.81. The van der Waals surface area contributed by atoms with Crippen LogP contribution in [0.15, 0.2) is 30.6 Å². The van der Waals surface area contributed by atoms with E-state index in [-0.39, 0.29) is 0 Å². The quantitative estimate of drug-likeness (QED) is 0.671. The van der Waals surface area contributed by atoms with Gasteiger partial charge in [0.1, 0.15) is 17.2 Å². The fraction of sp³-hybridized carbons (Fsp3) is 0.412. The number of hydrogen-bond acceptors (Lipinski definition) is 3. The Morgan fingerprint density at radius 1 is 1.19 bits per heavy atom. The number of halogens is 1. The van der Waals surface area contributed by atoms with Gasteiger partial charge in [0.2, 0.25) is 5.88 Å². The maximum atomic E-state index is 6.17. The van der Waals surface area contributed by atoms with E-state index in [9.17, 15) is 0 Å². The molecular weight excluding hydrogens is 284 g/mol. The zero-order valence-corrected chi connectivity index (χ0v) is 13.5. The lowest BCUT2D eigenvalue weighted by atomic mass is 9.98. The van der Waals surface area contributed by atoms with Crippen molar-refractivity contribution in [1.82, 2.24) is 9.97 Å². The predicted octanol–water partition coefficient (Wildman–Crippen LogP) is 5.39. The molecule has 0 aliphatic rings. The molecule has 0 spiro atoms. The van der Waals surface area contributed by atoms with Crippen LogP contribution in [0.3, 0.4) is 0 Å². The van der Waals surface area contributed by atoms with Gasteiger partial charge in [0, 0.05) is 0 Å². The van der Waals surface area contributed by atoms with Crippen LogP contribution in [0, 0.1) is 0 Å². The maximum Gasteiger partial charge on any atom is 0.227 e. The first kappa shape index (κ1) is 15.8. The zero-order valence-electron chi connectivity index (χ0n) is 12.8. The topological polar surface area (TPSA) is 35.0 Å². The molecule has 0 aliphatic heterocycles. The predicted molar refractivity (Wildman–Crippen MR) is 86.3 cm³/mol. The standard InChI is InChI=1S/C17H21ClN2O/c1-4-8-14-16(18)19-11-20-17(14)21-15-10-7-6-9-13(15)12(3)5-2/h6-7,9-12H,4-5,8H2,1-3H3. The highest BCUT2D eigenvalue weighted by molar-refractivity contribution is 6.30. The summed E-state index contributed by atoms with van der Waals surface area (Å²) in [5.74, 6) is 1.85. The molecule has 0 aliphatic carbocycles. The van der Waals surface area contributed by atoms with Gasteiger partial charge in [-0.3, -0.25) is 0 Å². The fourth-order valence-electron chi connectivity index (χ4n) is 2.23. The van der Waals surface area contributed by atoms with Crippen LogP contribution in [0.5, 0.6) is 11.6 Å². The molecule has 0 saturated heterocycles. The van der Waals surface area contributed by atoms with Gasteiger partial charge in [-0.05, 0) is 30.4 Å². The van der Waals surface area contributed by atoms with E-state index in [0.29, 0.717) is 17.0 Å². The highest BCUT2D eigenvalue weighted by atomic mass is 35.5. The van der Waals surface area contributed by atoms with Crippen molar-refractivity contribution in [3.63, 3.8) is 0 Å². The Bertz CT molecular complexity index is 601. The number of benzene rings is 1. The summed E-state index contributed by atoms with van der Waals surface area (Å²) in [6.45, 7) is 6.47. The van der Waals surface area contributed by atoms with E-state index < -0.39 is 0 Å². The normalized spacial score (nSPS) is 12.2. The van der Waals surface area contributed by atoms with Gasteiger partial charge in [-0.1, -0.05) is 57.0 Å². The molecule has 1 aromatic carbocycles. The van der Waals surface area contributed by atoms with Gasteiger partial charge in [-0.15, -0.1) is 0 Å². The minimum Gasteiger partial charge on any atom is -0.438 e. The summed E-state index contributed by atoms with van der Waals surface area (Å²) in [5, 5.41) is 0.475. The van der Waals surface area contributed by atoms with E-state index >= 15 is 0 Å². The molecule has 4 heteroatoms. The average molecular weight is 305 g/mol. The van der Waals surface area contributed by atoms with Crippen LogP contribution in [0.25, 0.3) is 0 Å². The SMILES string of the molecule is CCCc1c(Cl)ncnc1Oc1ccccc1C(C)CC. The van der Waals surface area contributed by atoms with Gasteiger partial charge in [-0.2, -0.15) is 0 Å². The van der Waals surface area contributed by atoms with Gasteiger partial charge in [0.05, 0.1) is 5.56 Å². The van der Waals surface area contributed by atoms with Crippen molar-refractivity contribution in [1.29, 1.82) is 0 Å². The summed E-state index contributed by atoms with van der Waals surface area (Å²) >= 11 is 6.17. The molecule has 0 fully saturated rings. The molecule has 1 atom stereocenters. The van der Waals surface area contributed by atoms with E-state index in [1.54, 1.807) is 0 Å². The van der Waals surface area contributed by atoms with Gasteiger partial charge in [-0.25, -0.2) is 9.97 Å². The molecule has 0 N–H and O–H groups in total. The second-order valence-corrected chi connectivity index (χ2v) is 5.51. The third-order valence-corrected chi connectivity index (χ3v) is 3.95. The Labute approximate surface area is 131 Å². The highest BCUT2D eigenvalue weighted by Crippen LogP contribution is 2.33. The van der Waals surface area contributed by atoms with Crippen LogP contribution in [0.4, 0.5) is 0 Å². The van der Waals surface area contributed by atoms with E-state index in [1.165, 1.54) is 11.9 Å². The Morgan fingerprint density at radius 2 is 1.95 bits per heavy atom. The fourth-order valence-corrected chi connectivity index (χ4v) is 2.45. The van der Waals surface area contributed by atoms with Gasteiger partial charge in [0.25, 0.3) is 0 Å². The Morgan fingerprint density at radius 3 is 2.67 bits per heavy atom. The smallest absolute Gasteiger partial charge is 0.227 e. The van der Waals surface area contributed by atoms with Crippen molar-refractivity contribution in [2.75, 3.05) is 0 Å².